The molecule has 2 nitrogen and oxygen atoms in total. The predicted molar refractivity (Wildman–Crippen MR) is 58.1 cm³/mol. The number of ether oxygens (including phenoxy) is 1. The third-order valence-electron chi connectivity index (χ3n) is 3.83. The van der Waals surface area contributed by atoms with Crippen molar-refractivity contribution in [2.24, 2.45) is 11.7 Å². The molecule has 2 aliphatic carbocycles. The third-order valence-corrected chi connectivity index (χ3v) is 3.83. The van der Waals surface area contributed by atoms with E-state index in [0.29, 0.717) is 12.1 Å². The molecule has 2 N–H and O–H groups in total. The van der Waals surface area contributed by atoms with Crippen LogP contribution in [0.15, 0.2) is 0 Å². The first-order valence-corrected chi connectivity index (χ1v) is 6.23. The Morgan fingerprint density at radius 2 is 1.71 bits per heavy atom. The van der Waals surface area contributed by atoms with Gasteiger partial charge < -0.3 is 10.5 Å². The fourth-order valence-corrected chi connectivity index (χ4v) is 2.48. The molecule has 2 rings (SSSR count). The zero-order valence-electron chi connectivity index (χ0n) is 9.08. The molecule has 1 unspecified atom stereocenters. The molecule has 0 saturated heterocycles. The van der Waals surface area contributed by atoms with Gasteiger partial charge in [-0.25, -0.2) is 0 Å². The SMILES string of the molecule is NC(COC1CCC1)C1CCCCC1. The van der Waals surface area contributed by atoms with Gasteiger partial charge in [-0.3, -0.25) is 0 Å². The normalized spacial score (nSPS) is 27.2. The molecule has 0 bridgehead atoms. The molecule has 2 saturated carbocycles. The van der Waals surface area contributed by atoms with Gasteiger partial charge in [0.25, 0.3) is 0 Å². The highest BCUT2D eigenvalue weighted by Crippen LogP contribution is 2.27. The Hall–Kier alpha value is -0.0800. The fourth-order valence-electron chi connectivity index (χ4n) is 2.48. The van der Waals surface area contributed by atoms with E-state index in [1.165, 1.54) is 51.4 Å². The maximum atomic E-state index is 6.15. The molecule has 0 spiro atoms. The summed E-state index contributed by atoms with van der Waals surface area (Å²) in [5.74, 6) is 0.740. The molecule has 2 heteroatoms. The van der Waals surface area contributed by atoms with E-state index in [0.717, 1.165) is 12.5 Å². The molecule has 0 heterocycles. The van der Waals surface area contributed by atoms with Crippen LogP contribution in [0.25, 0.3) is 0 Å². The summed E-state index contributed by atoms with van der Waals surface area (Å²) in [6.07, 6.45) is 11.2. The van der Waals surface area contributed by atoms with Crippen molar-refractivity contribution in [3.63, 3.8) is 0 Å². The lowest BCUT2D eigenvalue weighted by atomic mass is 9.84. The predicted octanol–water partition coefficient (Wildman–Crippen LogP) is 2.46. The van der Waals surface area contributed by atoms with E-state index in [1.807, 2.05) is 0 Å². The summed E-state index contributed by atoms with van der Waals surface area (Å²) in [5.41, 5.74) is 6.15. The molecule has 2 aliphatic rings. The topological polar surface area (TPSA) is 35.2 Å². The smallest absolute Gasteiger partial charge is 0.0623 e. The summed E-state index contributed by atoms with van der Waals surface area (Å²) in [5, 5.41) is 0. The van der Waals surface area contributed by atoms with Crippen molar-refractivity contribution >= 4 is 0 Å². The maximum Gasteiger partial charge on any atom is 0.0623 e. The average molecular weight is 197 g/mol. The molecular formula is C12H23NO. The summed E-state index contributed by atoms with van der Waals surface area (Å²) in [6, 6.07) is 0.302. The molecule has 0 radical (unpaired) electrons. The van der Waals surface area contributed by atoms with Gasteiger partial charge in [0, 0.05) is 6.04 Å². The lowest BCUT2D eigenvalue weighted by molar-refractivity contribution is -0.0127. The number of hydrogen-bond acceptors (Lipinski definition) is 2. The Morgan fingerprint density at radius 1 is 1.00 bits per heavy atom. The van der Waals surface area contributed by atoms with E-state index in [9.17, 15) is 0 Å². The summed E-state index contributed by atoms with van der Waals surface area (Å²) in [7, 11) is 0. The largest absolute Gasteiger partial charge is 0.377 e. The highest BCUT2D eigenvalue weighted by Gasteiger charge is 2.23. The molecule has 0 aromatic heterocycles. The van der Waals surface area contributed by atoms with Gasteiger partial charge in [0.1, 0.15) is 0 Å². The second-order valence-corrected chi connectivity index (χ2v) is 4.95. The van der Waals surface area contributed by atoms with Crippen molar-refractivity contribution in [1.82, 2.24) is 0 Å². The standard InChI is InChI=1S/C12H23NO/c13-12(9-14-11-7-4-8-11)10-5-2-1-3-6-10/h10-12H,1-9,13H2. The van der Waals surface area contributed by atoms with Crippen LogP contribution in [0.2, 0.25) is 0 Å². The zero-order chi connectivity index (χ0) is 9.80. The van der Waals surface area contributed by atoms with Crippen molar-refractivity contribution in [2.45, 2.75) is 63.5 Å². The molecule has 2 fully saturated rings. The van der Waals surface area contributed by atoms with Gasteiger partial charge in [0.2, 0.25) is 0 Å². The van der Waals surface area contributed by atoms with E-state index < -0.39 is 0 Å². The number of nitrogens with two attached hydrogens (primary N) is 1. The van der Waals surface area contributed by atoms with Gasteiger partial charge in [-0.2, -0.15) is 0 Å². The molecule has 0 amide bonds. The van der Waals surface area contributed by atoms with Crippen LogP contribution in [-0.2, 0) is 4.74 Å². The minimum absolute atomic E-state index is 0.302. The molecule has 0 aliphatic heterocycles. The third kappa shape index (κ3) is 2.71. The van der Waals surface area contributed by atoms with Gasteiger partial charge >= 0.3 is 0 Å². The van der Waals surface area contributed by atoms with E-state index in [2.05, 4.69) is 0 Å². The van der Waals surface area contributed by atoms with Crippen LogP contribution < -0.4 is 5.73 Å². The van der Waals surface area contributed by atoms with Crippen LogP contribution in [0.3, 0.4) is 0 Å². The second-order valence-electron chi connectivity index (χ2n) is 4.95. The monoisotopic (exact) mass is 197 g/mol. The van der Waals surface area contributed by atoms with E-state index in [4.69, 9.17) is 10.5 Å². The van der Waals surface area contributed by atoms with Crippen molar-refractivity contribution in [3.8, 4) is 0 Å². The Balaban J connectivity index is 1.62. The first kappa shape index (κ1) is 10.4. The highest BCUT2D eigenvalue weighted by atomic mass is 16.5. The van der Waals surface area contributed by atoms with Crippen molar-refractivity contribution in [1.29, 1.82) is 0 Å². The lowest BCUT2D eigenvalue weighted by Crippen LogP contribution is -2.38. The van der Waals surface area contributed by atoms with Crippen LogP contribution in [0.5, 0.6) is 0 Å². The fraction of sp³-hybridized carbons (Fsp3) is 1.00. The summed E-state index contributed by atoms with van der Waals surface area (Å²) in [4.78, 5) is 0. The second kappa shape index (κ2) is 5.13. The van der Waals surface area contributed by atoms with Crippen molar-refractivity contribution < 1.29 is 4.74 Å². The average Bonchev–Trinajstić information content (AvgIpc) is 2.16. The van der Waals surface area contributed by atoms with Gasteiger partial charge in [-0.15, -0.1) is 0 Å². The van der Waals surface area contributed by atoms with Gasteiger partial charge in [-0.1, -0.05) is 19.3 Å². The van der Waals surface area contributed by atoms with Crippen LogP contribution in [0.4, 0.5) is 0 Å². The van der Waals surface area contributed by atoms with Crippen LogP contribution in [-0.4, -0.2) is 18.8 Å². The molecule has 14 heavy (non-hydrogen) atoms. The molecule has 0 aromatic rings. The van der Waals surface area contributed by atoms with Gasteiger partial charge in [0.05, 0.1) is 12.7 Å². The van der Waals surface area contributed by atoms with Crippen LogP contribution in [0.1, 0.15) is 51.4 Å². The molecule has 0 aromatic carbocycles. The number of hydrogen-bond donors (Lipinski definition) is 1. The Labute approximate surface area is 87.2 Å². The van der Waals surface area contributed by atoms with E-state index >= 15 is 0 Å². The quantitative estimate of drug-likeness (QED) is 0.751. The number of rotatable bonds is 4. The minimum atomic E-state index is 0.302. The minimum Gasteiger partial charge on any atom is -0.377 e. The molecule has 1 atom stereocenters. The highest BCUT2D eigenvalue weighted by molar-refractivity contribution is 4.77. The molecular weight excluding hydrogens is 174 g/mol. The first-order valence-electron chi connectivity index (χ1n) is 6.23. The zero-order valence-corrected chi connectivity index (χ0v) is 9.08. The van der Waals surface area contributed by atoms with Crippen molar-refractivity contribution in [2.75, 3.05) is 6.61 Å². The van der Waals surface area contributed by atoms with Gasteiger partial charge in [0.15, 0.2) is 0 Å². The summed E-state index contributed by atoms with van der Waals surface area (Å²) in [6.45, 7) is 0.801. The first-order chi connectivity index (χ1) is 6.86. The summed E-state index contributed by atoms with van der Waals surface area (Å²) < 4.78 is 5.77. The van der Waals surface area contributed by atoms with Crippen molar-refractivity contribution in [3.05, 3.63) is 0 Å². The Bertz CT molecular complexity index is 162. The summed E-state index contributed by atoms with van der Waals surface area (Å²) >= 11 is 0. The Kier molecular flexibility index (Phi) is 3.82. The lowest BCUT2D eigenvalue weighted by Gasteiger charge is -2.31. The Morgan fingerprint density at radius 3 is 2.29 bits per heavy atom. The van der Waals surface area contributed by atoms with Gasteiger partial charge in [-0.05, 0) is 38.0 Å². The van der Waals surface area contributed by atoms with Crippen LogP contribution in [0, 0.1) is 5.92 Å². The van der Waals surface area contributed by atoms with Crippen LogP contribution >= 0.6 is 0 Å². The van der Waals surface area contributed by atoms with E-state index in [-0.39, 0.29) is 0 Å². The molecule has 82 valence electrons. The maximum absolute atomic E-state index is 6.15. The van der Waals surface area contributed by atoms with E-state index in [1.54, 1.807) is 0 Å².